The van der Waals surface area contributed by atoms with Crippen LogP contribution < -0.4 is 15.5 Å². The van der Waals surface area contributed by atoms with E-state index in [0.29, 0.717) is 38.5 Å². The monoisotopic (exact) mass is 754 g/mol. The van der Waals surface area contributed by atoms with Crippen molar-refractivity contribution in [1.82, 2.24) is 19.7 Å². The lowest BCUT2D eigenvalue weighted by molar-refractivity contribution is -0.139. The second-order valence-electron chi connectivity index (χ2n) is 15.0. The molecule has 0 spiro atoms. The second kappa shape index (κ2) is 20.0. The lowest BCUT2D eigenvalue weighted by Gasteiger charge is -2.44. The number of nitrogens with zero attached hydrogens (tertiary/aromatic N) is 3. The molecule has 0 unspecified atom stereocenters. The standard InChI is InChI=1S/C41H56F2N4O7/c1-3-4-5-6-7-8-9-10-11-12-13-14-15-16-34(48)45-21-19-30(25-45)41(52)54-38-36-40(51)47-28(2)20-22-53-35(47)27-46(36)26-32(37(38)49)39(50)44-24-29-17-18-31(42)23-33(29)43/h17-18,23,26,28,30,35H,3-16,19-22,24-25,27H2,1-2H3,(H,44,50)/t28-,30+,35+/m1/s1. The van der Waals surface area contributed by atoms with Gasteiger partial charge in [0.05, 0.1) is 19.1 Å². The second-order valence-corrected chi connectivity index (χ2v) is 15.0. The summed E-state index contributed by atoms with van der Waals surface area (Å²) in [7, 11) is 0. The van der Waals surface area contributed by atoms with E-state index in [1.165, 1.54) is 85.9 Å². The van der Waals surface area contributed by atoms with Crippen molar-refractivity contribution >= 4 is 23.7 Å². The number of esters is 1. The Balaban J connectivity index is 1.17. The highest BCUT2D eigenvalue weighted by molar-refractivity contribution is 6.00. The highest BCUT2D eigenvalue weighted by atomic mass is 19.1. The average molecular weight is 755 g/mol. The minimum Gasteiger partial charge on any atom is -0.420 e. The van der Waals surface area contributed by atoms with Gasteiger partial charge in [0.15, 0.2) is 11.9 Å². The number of ether oxygens (including phenoxy) is 2. The molecule has 2 aromatic rings. The molecule has 1 aromatic heterocycles. The van der Waals surface area contributed by atoms with Gasteiger partial charge < -0.3 is 29.2 Å². The van der Waals surface area contributed by atoms with Crippen molar-refractivity contribution in [2.24, 2.45) is 5.92 Å². The van der Waals surface area contributed by atoms with E-state index < -0.39 is 58.3 Å². The summed E-state index contributed by atoms with van der Waals surface area (Å²) in [6, 6.07) is 2.71. The highest BCUT2D eigenvalue weighted by Gasteiger charge is 2.43. The molecule has 0 aliphatic carbocycles. The number of halogens is 2. The van der Waals surface area contributed by atoms with E-state index in [-0.39, 0.29) is 42.8 Å². The fourth-order valence-electron chi connectivity index (χ4n) is 7.65. The largest absolute Gasteiger partial charge is 0.420 e. The van der Waals surface area contributed by atoms with E-state index in [1.807, 2.05) is 6.92 Å². The fraction of sp³-hybridized carbons (Fsp3) is 0.634. The zero-order valence-electron chi connectivity index (χ0n) is 31.8. The SMILES string of the molecule is CCCCCCCCCCCCCCCC(=O)N1CC[C@H](C(=O)Oc2c3n(cc(C(=O)NCc4ccc(F)cc4F)c2=O)C[C@@H]2OCC[C@@H](C)N2C3=O)C1. The molecule has 3 aliphatic heterocycles. The predicted molar refractivity (Wildman–Crippen MR) is 199 cm³/mol. The molecule has 296 valence electrons. The number of nitrogens with one attached hydrogen (secondary N) is 1. The van der Waals surface area contributed by atoms with Crippen LogP contribution in [0.25, 0.3) is 0 Å². The van der Waals surface area contributed by atoms with Crippen LogP contribution >= 0.6 is 0 Å². The van der Waals surface area contributed by atoms with Gasteiger partial charge in [-0.05, 0) is 32.3 Å². The van der Waals surface area contributed by atoms with Crippen molar-refractivity contribution in [2.75, 3.05) is 19.7 Å². The summed E-state index contributed by atoms with van der Waals surface area (Å²) in [4.78, 5) is 70.8. The minimum absolute atomic E-state index is 0.000653. The smallest absolute Gasteiger partial charge is 0.316 e. The molecule has 0 bridgehead atoms. The van der Waals surface area contributed by atoms with Crippen LogP contribution in [-0.4, -0.2) is 70.0 Å². The van der Waals surface area contributed by atoms with Crippen LogP contribution in [0.4, 0.5) is 8.78 Å². The first-order chi connectivity index (χ1) is 26.1. The zero-order chi connectivity index (χ0) is 38.6. The lowest BCUT2D eigenvalue weighted by Crippen LogP contribution is -2.57. The van der Waals surface area contributed by atoms with Gasteiger partial charge in [-0.25, -0.2) is 8.78 Å². The molecule has 0 radical (unpaired) electrons. The number of unbranched alkanes of at least 4 members (excludes halogenated alkanes) is 12. The summed E-state index contributed by atoms with van der Waals surface area (Å²) in [5, 5.41) is 2.47. The maximum absolute atomic E-state index is 14.3. The topological polar surface area (TPSA) is 127 Å². The molecule has 13 heteroatoms. The number of hydrogen-bond donors (Lipinski definition) is 1. The first-order valence-corrected chi connectivity index (χ1v) is 20.0. The normalized spacial score (nSPS) is 19.4. The predicted octanol–water partition coefficient (Wildman–Crippen LogP) is 6.88. The van der Waals surface area contributed by atoms with Crippen LogP contribution in [0.5, 0.6) is 5.75 Å². The lowest BCUT2D eigenvalue weighted by atomic mass is 10.0. The van der Waals surface area contributed by atoms with Crippen LogP contribution in [-0.2, 0) is 27.4 Å². The van der Waals surface area contributed by atoms with Gasteiger partial charge in [-0.1, -0.05) is 90.0 Å². The Morgan fingerprint density at radius 3 is 2.24 bits per heavy atom. The molecule has 5 rings (SSSR count). The zero-order valence-corrected chi connectivity index (χ0v) is 31.8. The number of rotatable bonds is 19. The van der Waals surface area contributed by atoms with E-state index in [1.54, 1.807) is 4.90 Å². The van der Waals surface area contributed by atoms with Gasteiger partial charge in [-0.2, -0.15) is 0 Å². The average Bonchev–Trinajstić information content (AvgIpc) is 3.65. The molecule has 3 atom stereocenters. The third kappa shape index (κ3) is 10.5. The van der Waals surface area contributed by atoms with Crippen LogP contribution in [0, 0.1) is 17.6 Å². The summed E-state index contributed by atoms with van der Waals surface area (Å²) in [5.41, 5.74) is -1.57. The number of carbonyl (C=O) groups is 4. The van der Waals surface area contributed by atoms with Gasteiger partial charge in [0.1, 0.15) is 17.2 Å². The fourth-order valence-corrected chi connectivity index (χ4v) is 7.65. The van der Waals surface area contributed by atoms with Crippen molar-refractivity contribution < 1.29 is 37.4 Å². The molecule has 2 fully saturated rings. The van der Waals surface area contributed by atoms with Gasteiger partial charge in [-0.15, -0.1) is 0 Å². The molecule has 1 N–H and O–H groups in total. The molecular formula is C41H56F2N4O7. The number of carbonyl (C=O) groups excluding carboxylic acids is 4. The molecule has 0 saturated carbocycles. The van der Waals surface area contributed by atoms with Gasteiger partial charge >= 0.3 is 5.97 Å². The summed E-state index contributed by atoms with van der Waals surface area (Å²) >= 11 is 0. The first-order valence-electron chi connectivity index (χ1n) is 20.0. The van der Waals surface area contributed by atoms with Gasteiger partial charge in [-0.3, -0.25) is 24.0 Å². The van der Waals surface area contributed by atoms with Crippen molar-refractivity contribution in [3.05, 3.63) is 63.1 Å². The summed E-state index contributed by atoms with van der Waals surface area (Å²) in [6.07, 6.45) is 17.7. The third-order valence-electron chi connectivity index (χ3n) is 10.9. The molecule has 11 nitrogen and oxygen atoms in total. The molecule has 3 amide bonds. The van der Waals surface area contributed by atoms with E-state index in [9.17, 15) is 32.8 Å². The van der Waals surface area contributed by atoms with E-state index >= 15 is 0 Å². The van der Waals surface area contributed by atoms with Crippen molar-refractivity contribution in [3.8, 4) is 5.75 Å². The number of likely N-dealkylation sites (tertiary alicyclic amines) is 1. The summed E-state index contributed by atoms with van der Waals surface area (Å²) < 4.78 is 40.6. The van der Waals surface area contributed by atoms with Crippen molar-refractivity contribution in [2.45, 2.75) is 142 Å². The Kier molecular flexibility index (Phi) is 15.2. The maximum Gasteiger partial charge on any atom is 0.316 e. The van der Waals surface area contributed by atoms with Crippen LogP contribution in [0.2, 0.25) is 0 Å². The minimum atomic E-state index is -0.975. The Labute approximate surface area is 316 Å². The Hall–Kier alpha value is -4.13. The van der Waals surface area contributed by atoms with E-state index in [2.05, 4.69) is 12.2 Å². The quantitative estimate of drug-likeness (QED) is 0.122. The molecule has 54 heavy (non-hydrogen) atoms. The molecular weight excluding hydrogens is 698 g/mol. The van der Waals surface area contributed by atoms with Crippen LogP contribution in [0.15, 0.2) is 29.2 Å². The Morgan fingerprint density at radius 2 is 1.57 bits per heavy atom. The molecule has 3 aliphatic rings. The number of amides is 3. The van der Waals surface area contributed by atoms with Crippen molar-refractivity contribution in [3.63, 3.8) is 0 Å². The third-order valence-corrected chi connectivity index (χ3v) is 10.9. The Morgan fingerprint density at radius 1 is 0.907 bits per heavy atom. The number of pyridine rings is 1. The van der Waals surface area contributed by atoms with Crippen LogP contribution in [0.1, 0.15) is 143 Å². The summed E-state index contributed by atoms with van der Waals surface area (Å²) in [6.45, 7) is 4.76. The number of benzene rings is 1. The number of fused-ring (bicyclic) bond motifs is 2. The maximum atomic E-state index is 14.3. The van der Waals surface area contributed by atoms with Crippen molar-refractivity contribution in [1.29, 1.82) is 0 Å². The van der Waals surface area contributed by atoms with Crippen LogP contribution in [0.3, 0.4) is 0 Å². The van der Waals surface area contributed by atoms with E-state index in [0.717, 1.165) is 25.3 Å². The number of aromatic nitrogens is 1. The van der Waals surface area contributed by atoms with Gasteiger partial charge in [0.2, 0.25) is 17.1 Å². The van der Waals surface area contributed by atoms with Gasteiger partial charge in [0, 0.05) is 49.9 Å². The number of hydrogen-bond acceptors (Lipinski definition) is 7. The molecule has 2 saturated heterocycles. The molecule has 1 aromatic carbocycles. The van der Waals surface area contributed by atoms with Gasteiger partial charge in [0.25, 0.3) is 11.8 Å². The highest BCUT2D eigenvalue weighted by Crippen LogP contribution is 2.31. The Bertz CT molecular complexity index is 1700. The molecule has 4 heterocycles. The summed E-state index contributed by atoms with van der Waals surface area (Å²) in [5.74, 6) is -5.19. The van der Waals surface area contributed by atoms with E-state index in [4.69, 9.17) is 9.47 Å². The first kappa shape index (κ1) is 41.0.